The second-order valence-electron chi connectivity index (χ2n) is 7.76. The zero-order chi connectivity index (χ0) is 22.2. The summed E-state index contributed by atoms with van der Waals surface area (Å²) in [6, 6.07) is 35.5. The molecule has 6 aromatic rings. The predicted octanol–water partition coefficient (Wildman–Crippen LogP) is 7.68. The third kappa shape index (κ3) is 3.20. The molecule has 0 saturated carbocycles. The number of hydrogen-bond acceptors (Lipinski definition) is 4. The maximum absolute atomic E-state index is 13.6. The van der Waals surface area contributed by atoms with E-state index in [-0.39, 0.29) is 0 Å². The van der Waals surface area contributed by atoms with Crippen molar-refractivity contribution in [3.05, 3.63) is 126 Å². The highest BCUT2D eigenvalue weighted by Gasteiger charge is 2.25. The van der Waals surface area contributed by atoms with E-state index in [1.54, 1.807) is 6.26 Å². The minimum Gasteiger partial charge on any atom is -0.464 e. The van der Waals surface area contributed by atoms with Gasteiger partial charge in [-0.15, -0.1) is 0 Å². The highest BCUT2D eigenvalue weighted by molar-refractivity contribution is 6.11. The molecule has 2 aromatic heterocycles. The van der Waals surface area contributed by atoms with Crippen molar-refractivity contribution in [3.63, 3.8) is 0 Å². The normalized spacial score (nSPS) is 11.2. The van der Waals surface area contributed by atoms with Crippen molar-refractivity contribution in [2.24, 2.45) is 0 Å². The molecule has 2 heterocycles. The van der Waals surface area contributed by atoms with Gasteiger partial charge in [-0.25, -0.2) is 4.79 Å². The van der Waals surface area contributed by atoms with Gasteiger partial charge < -0.3 is 13.7 Å². The van der Waals surface area contributed by atoms with E-state index in [0.717, 1.165) is 33.4 Å². The molecule has 0 atom stereocenters. The lowest BCUT2D eigenvalue weighted by atomic mass is 10.00. The van der Waals surface area contributed by atoms with E-state index in [1.807, 2.05) is 109 Å². The fraction of sp³-hybridized carbons (Fsp3) is 0. The van der Waals surface area contributed by atoms with Gasteiger partial charge in [-0.05, 0) is 48.0 Å². The van der Waals surface area contributed by atoms with Gasteiger partial charge in [0.05, 0.1) is 22.9 Å². The third-order valence-electron chi connectivity index (χ3n) is 5.79. The van der Waals surface area contributed by atoms with Crippen LogP contribution in [-0.2, 0) is 0 Å². The van der Waals surface area contributed by atoms with Gasteiger partial charge in [-0.2, -0.15) is 0 Å². The molecule has 4 heteroatoms. The van der Waals surface area contributed by atoms with Crippen molar-refractivity contribution in [2.45, 2.75) is 0 Å². The quantitative estimate of drug-likeness (QED) is 0.270. The fourth-order valence-corrected chi connectivity index (χ4v) is 4.34. The topological polar surface area (TPSA) is 46.6 Å². The summed E-state index contributed by atoms with van der Waals surface area (Å²) in [7, 11) is 0. The van der Waals surface area contributed by atoms with Gasteiger partial charge in [0.15, 0.2) is 5.58 Å². The first kappa shape index (κ1) is 19.1. The molecule has 0 unspecified atom stereocenters. The van der Waals surface area contributed by atoms with Gasteiger partial charge >= 0.3 is 5.63 Å². The molecule has 4 aromatic carbocycles. The molecule has 4 nitrogen and oxygen atoms in total. The number of para-hydroxylation sites is 2. The number of furan rings is 1. The number of fused-ring (bicyclic) bond motifs is 3. The molecule has 0 aliphatic carbocycles. The lowest BCUT2D eigenvalue weighted by Gasteiger charge is -2.28. The molecule has 0 spiro atoms. The van der Waals surface area contributed by atoms with Crippen LogP contribution in [0.1, 0.15) is 0 Å². The summed E-state index contributed by atoms with van der Waals surface area (Å²) < 4.78 is 11.5. The van der Waals surface area contributed by atoms with Crippen molar-refractivity contribution in [2.75, 3.05) is 4.90 Å². The summed E-state index contributed by atoms with van der Waals surface area (Å²) >= 11 is 0. The minimum absolute atomic E-state index is 0.394. The van der Waals surface area contributed by atoms with Crippen LogP contribution in [0.15, 0.2) is 129 Å². The van der Waals surface area contributed by atoms with Crippen LogP contribution in [0, 0.1) is 0 Å². The van der Waals surface area contributed by atoms with Crippen molar-refractivity contribution in [1.29, 1.82) is 0 Å². The van der Waals surface area contributed by atoms with E-state index in [4.69, 9.17) is 8.83 Å². The Morgan fingerprint density at radius 2 is 1.21 bits per heavy atom. The average molecular weight is 429 g/mol. The van der Waals surface area contributed by atoms with Crippen LogP contribution >= 0.6 is 0 Å². The lowest BCUT2D eigenvalue weighted by molar-refractivity contribution is 0.566. The molecule has 0 radical (unpaired) electrons. The molecule has 0 bridgehead atoms. The number of nitrogens with zero attached hydrogens (tertiary/aromatic N) is 1. The Kier molecular flexibility index (Phi) is 4.55. The van der Waals surface area contributed by atoms with Crippen LogP contribution in [0.4, 0.5) is 17.1 Å². The second-order valence-corrected chi connectivity index (χ2v) is 7.76. The lowest BCUT2D eigenvalue weighted by Crippen LogP contribution is -2.16. The molecule has 0 aliphatic heterocycles. The standard InChI is InChI=1S/C29H19NO3/c31-29-26(20-10-4-1-5-11-20)27(24-16-17-25-23(18-19-32-25)28(24)33-29)30(21-12-6-2-7-13-21)22-14-8-3-9-15-22/h1-19H. The number of anilines is 3. The largest absolute Gasteiger partial charge is 0.464 e. The first-order chi connectivity index (χ1) is 16.3. The maximum Gasteiger partial charge on any atom is 0.346 e. The molecule has 33 heavy (non-hydrogen) atoms. The van der Waals surface area contributed by atoms with Crippen molar-refractivity contribution in [3.8, 4) is 11.1 Å². The van der Waals surface area contributed by atoms with Gasteiger partial charge in [0.1, 0.15) is 5.58 Å². The zero-order valence-corrected chi connectivity index (χ0v) is 17.6. The first-order valence-electron chi connectivity index (χ1n) is 10.7. The molecule has 0 aliphatic rings. The maximum atomic E-state index is 13.6. The summed E-state index contributed by atoms with van der Waals surface area (Å²) in [5.41, 5.74) is 4.76. The molecule has 6 rings (SSSR count). The Morgan fingerprint density at radius 1 is 0.606 bits per heavy atom. The Bertz CT molecular complexity index is 1580. The molecule has 0 amide bonds. The van der Waals surface area contributed by atoms with E-state index in [0.29, 0.717) is 16.7 Å². The van der Waals surface area contributed by atoms with E-state index < -0.39 is 5.63 Å². The van der Waals surface area contributed by atoms with Gasteiger partial charge in [-0.3, -0.25) is 0 Å². The highest BCUT2D eigenvalue weighted by atomic mass is 16.4. The molecule has 0 saturated heterocycles. The van der Waals surface area contributed by atoms with Crippen LogP contribution in [0.2, 0.25) is 0 Å². The molecular weight excluding hydrogens is 410 g/mol. The van der Waals surface area contributed by atoms with Gasteiger partial charge in [0.25, 0.3) is 0 Å². The Balaban J connectivity index is 1.80. The third-order valence-corrected chi connectivity index (χ3v) is 5.79. The van der Waals surface area contributed by atoms with Crippen LogP contribution in [0.3, 0.4) is 0 Å². The molecule has 0 fully saturated rings. The number of hydrogen-bond donors (Lipinski definition) is 0. The van der Waals surface area contributed by atoms with E-state index in [1.165, 1.54) is 0 Å². The molecule has 0 N–H and O–H groups in total. The van der Waals surface area contributed by atoms with Crippen molar-refractivity contribution < 1.29 is 8.83 Å². The molecular formula is C29H19NO3. The fourth-order valence-electron chi connectivity index (χ4n) is 4.34. The van der Waals surface area contributed by atoms with Crippen LogP contribution in [-0.4, -0.2) is 0 Å². The summed E-state index contributed by atoms with van der Waals surface area (Å²) in [5.74, 6) is 0. The zero-order valence-electron chi connectivity index (χ0n) is 17.6. The molecule has 158 valence electrons. The predicted molar refractivity (Wildman–Crippen MR) is 132 cm³/mol. The minimum atomic E-state index is -0.394. The highest BCUT2D eigenvalue weighted by Crippen LogP contribution is 2.44. The first-order valence-corrected chi connectivity index (χ1v) is 10.7. The van der Waals surface area contributed by atoms with Crippen molar-refractivity contribution >= 4 is 39.0 Å². The van der Waals surface area contributed by atoms with Crippen LogP contribution in [0.25, 0.3) is 33.1 Å². The van der Waals surface area contributed by atoms with Gasteiger partial charge in [0.2, 0.25) is 0 Å². The van der Waals surface area contributed by atoms with Gasteiger partial charge in [0, 0.05) is 16.8 Å². The van der Waals surface area contributed by atoms with Crippen molar-refractivity contribution in [1.82, 2.24) is 0 Å². The number of benzene rings is 4. The van der Waals surface area contributed by atoms with E-state index >= 15 is 0 Å². The average Bonchev–Trinajstić information content (AvgIpc) is 3.36. The monoisotopic (exact) mass is 429 g/mol. The second kappa shape index (κ2) is 7.84. The summed E-state index contributed by atoms with van der Waals surface area (Å²) in [4.78, 5) is 15.7. The van der Waals surface area contributed by atoms with Gasteiger partial charge in [-0.1, -0.05) is 66.7 Å². The Hall–Kier alpha value is -4.57. The van der Waals surface area contributed by atoms with E-state index in [9.17, 15) is 4.79 Å². The SMILES string of the molecule is O=c1oc2c(ccc3occc32)c(N(c2ccccc2)c2ccccc2)c1-c1ccccc1. The Morgan fingerprint density at radius 3 is 1.85 bits per heavy atom. The van der Waals surface area contributed by atoms with E-state index in [2.05, 4.69) is 4.90 Å². The smallest absolute Gasteiger partial charge is 0.346 e. The summed E-state index contributed by atoms with van der Waals surface area (Å²) in [5, 5.41) is 1.60. The Labute approximate surface area is 189 Å². The summed E-state index contributed by atoms with van der Waals surface area (Å²) in [6.07, 6.45) is 1.61. The van der Waals surface area contributed by atoms with Crippen LogP contribution in [0.5, 0.6) is 0 Å². The summed E-state index contributed by atoms with van der Waals surface area (Å²) in [6.45, 7) is 0. The van der Waals surface area contributed by atoms with Crippen LogP contribution < -0.4 is 10.5 Å². The number of rotatable bonds is 4.